The molecule has 0 aliphatic heterocycles. The molecule has 3 heteroatoms. The predicted octanol–water partition coefficient (Wildman–Crippen LogP) is 3.68. The van der Waals surface area contributed by atoms with E-state index in [0.717, 1.165) is 12.8 Å². The first-order chi connectivity index (χ1) is 8.36. The molecule has 1 rings (SSSR count). The van der Waals surface area contributed by atoms with Crippen LogP contribution in [0.5, 0.6) is 5.75 Å². The maximum absolute atomic E-state index is 12.1. The molecule has 1 aromatic carbocycles. The van der Waals surface area contributed by atoms with E-state index in [-0.39, 0.29) is 5.78 Å². The van der Waals surface area contributed by atoms with E-state index >= 15 is 0 Å². The van der Waals surface area contributed by atoms with Crippen molar-refractivity contribution in [1.29, 1.82) is 0 Å². The summed E-state index contributed by atoms with van der Waals surface area (Å²) in [5, 5.41) is 0. The number of carbonyl (C=O) groups is 1. The van der Waals surface area contributed by atoms with Crippen LogP contribution in [0, 0.1) is 5.41 Å². The zero-order valence-electron chi connectivity index (χ0n) is 11.7. The standard InChI is InChI=1S/C15H23NO2/c1-5-6-9-18-13-8-7-11(10-12(13)16)14(17)15(2,3)4/h7-8,10H,5-6,9,16H2,1-4H3. The third-order valence-corrected chi connectivity index (χ3v) is 2.71. The molecule has 1 aromatic rings. The maximum atomic E-state index is 12.1. The highest BCUT2D eigenvalue weighted by atomic mass is 16.5. The molecule has 0 radical (unpaired) electrons. The van der Waals surface area contributed by atoms with Crippen molar-refractivity contribution < 1.29 is 9.53 Å². The van der Waals surface area contributed by atoms with Crippen LogP contribution in [0.25, 0.3) is 0 Å². The van der Waals surface area contributed by atoms with Gasteiger partial charge < -0.3 is 10.5 Å². The number of unbranched alkanes of at least 4 members (excludes halogenated alkanes) is 1. The van der Waals surface area contributed by atoms with Crippen molar-refractivity contribution in [2.45, 2.75) is 40.5 Å². The highest BCUT2D eigenvalue weighted by Gasteiger charge is 2.23. The Morgan fingerprint density at radius 1 is 1.33 bits per heavy atom. The van der Waals surface area contributed by atoms with Gasteiger partial charge in [-0.3, -0.25) is 4.79 Å². The van der Waals surface area contributed by atoms with E-state index in [0.29, 0.717) is 23.6 Å². The van der Waals surface area contributed by atoms with Gasteiger partial charge in [0, 0.05) is 11.0 Å². The summed E-state index contributed by atoms with van der Waals surface area (Å²) >= 11 is 0. The van der Waals surface area contributed by atoms with Crippen LogP contribution in [0.2, 0.25) is 0 Å². The van der Waals surface area contributed by atoms with E-state index in [2.05, 4.69) is 6.92 Å². The maximum Gasteiger partial charge on any atom is 0.168 e. The zero-order chi connectivity index (χ0) is 13.8. The van der Waals surface area contributed by atoms with Crippen LogP contribution >= 0.6 is 0 Å². The molecule has 0 amide bonds. The average Bonchev–Trinajstić information content (AvgIpc) is 2.29. The van der Waals surface area contributed by atoms with Gasteiger partial charge in [0.2, 0.25) is 0 Å². The van der Waals surface area contributed by atoms with E-state index in [4.69, 9.17) is 10.5 Å². The fraction of sp³-hybridized carbons (Fsp3) is 0.533. The Hall–Kier alpha value is -1.51. The molecular weight excluding hydrogens is 226 g/mol. The second kappa shape index (κ2) is 5.89. The normalized spacial score (nSPS) is 11.3. The topological polar surface area (TPSA) is 52.3 Å². The van der Waals surface area contributed by atoms with Gasteiger partial charge in [0.15, 0.2) is 5.78 Å². The number of nitrogens with two attached hydrogens (primary N) is 1. The van der Waals surface area contributed by atoms with E-state index in [1.54, 1.807) is 18.2 Å². The van der Waals surface area contributed by atoms with Crippen LogP contribution < -0.4 is 10.5 Å². The van der Waals surface area contributed by atoms with Gasteiger partial charge in [0.25, 0.3) is 0 Å². The van der Waals surface area contributed by atoms with Crippen molar-refractivity contribution in [3.63, 3.8) is 0 Å². The Bertz CT molecular complexity index is 419. The average molecular weight is 249 g/mol. The molecule has 0 bridgehead atoms. The summed E-state index contributed by atoms with van der Waals surface area (Å²) in [4.78, 5) is 12.1. The molecule has 0 spiro atoms. The summed E-state index contributed by atoms with van der Waals surface area (Å²) in [7, 11) is 0. The molecule has 18 heavy (non-hydrogen) atoms. The lowest BCUT2D eigenvalue weighted by Crippen LogP contribution is -2.20. The number of Topliss-reactive ketones (excluding diaryl/α,β-unsaturated/α-hetero) is 1. The van der Waals surface area contributed by atoms with Crippen LogP contribution in [-0.2, 0) is 0 Å². The number of ketones is 1. The van der Waals surface area contributed by atoms with Gasteiger partial charge >= 0.3 is 0 Å². The van der Waals surface area contributed by atoms with Gasteiger partial charge in [-0.1, -0.05) is 34.1 Å². The minimum absolute atomic E-state index is 0.0920. The molecule has 0 aromatic heterocycles. The monoisotopic (exact) mass is 249 g/mol. The van der Waals surface area contributed by atoms with Crippen LogP contribution in [0.4, 0.5) is 5.69 Å². The third-order valence-electron chi connectivity index (χ3n) is 2.71. The first kappa shape index (κ1) is 14.6. The molecule has 0 aliphatic rings. The number of rotatable bonds is 5. The molecule has 100 valence electrons. The molecule has 0 fully saturated rings. The lowest BCUT2D eigenvalue weighted by molar-refractivity contribution is 0.0858. The molecule has 0 aliphatic carbocycles. The number of ether oxygens (including phenoxy) is 1. The number of hydrogen-bond acceptors (Lipinski definition) is 3. The molecule has 0 heterocycles. The molecule has 2 N–H and O–H groups in total. The van der Waals surface area contributed by atoms with E-state index in [9.17, 15) is 4.79 Å². The predicted molar refractivity (Wildman–Crippen MR) is 75.0 cm³/mol. The number of hydrogen-bond donors (Lipinski definition) is 1. The second-order valence-electron chi connectivity index (χ2n) is 5.53. The fourth-order valence-electron chi connectivity index (χ4n) is 1.58. The van der Waals surface area contributed by atoms with E-state index in [1.807, 2.05) is 20.8 Å². The number of carbonyl (C=O) groups excluding carboxylic acids is 1. The van der Waals surface area contributed by atoms with Crippen molar-refractivity contribution in [1.82, 2.24) is 0 Å². The lowest BCUT2D eigenvalue weighted by Gasteiger charge is -2.17. The third kappa shape index (κ3) is 3.76. The summed E-state index contributed by atoms with van der Waals surface area (Å²) < 4.78 is 5.56. The first-order valence-corrected chi connectivity index (χ1v) is 6.43. The van der Waals surface area contributed by atoms with Crippen molar-refractivity contribution >= 4 is 11.5 Å². The van der Waals surface area contributed by atoms with Gasteiger partial charge in [-0.2, -0.15) is 0 Å². The van der Waals surface area contributed by atoms with Crippen molar-refractivity contribution in [2.75, 3.05) is 12.3 Å². The summed E-state index contributed by atoms with van der Waals surface area (Å²) in [6.45, 7) is 8.47. The van der Waals surface area contributed by atoms with E-state index < -0.39 is 5.41 Å². The molecule has 0 saturated carbocycles. The van der Waals surface area contributed by atoms with Gasteiger partial charge in [0.1, 0.15) is 5.75 Å². The summed E-state index contributed by atoms with van der Waals surface area (Å²) in [6.07, 6.45) is 2.09. The molecule has 0 saturated heterocycles. The quantitative estimate of drug-likeness (QED) is 0.492. The van der Waals surface area contributed by atoms with E-state index in [1.165, 1.54) is 0 Å². The Kier molecular flexibility index (Phi) is 4.76. The summed E-state index contributed by atoms with van der Waals surface area (Å²) in [5.41, 5.74) is 6.69. The highest BCUT2D eigenvalue weighted by Crippen LogP contribution is 2.27. The second-order valence-corrected chi connectivity index (χ2v) is 5.53. The van der Waals surface area contributed by atoms with Crippen molar-refractivity contribution in [3.05, 3.63) is 23.8 Å². The fourth-order valence-corrected chi connectivity index (χ4v) is 1.58. The molecule has 0 unspecified atom stereocenters. The van der Waals surface area contributed by atoms with Crippen LogP contribution in [0.15, 0.2) is 18.2 Å². The minimum atomic E-state index is -0.392. The minimum Gasteiger partial charge on any atom is -0.491 e. The Morgan fingerprint density at radius 3 is 2.50 bits per heavy atom. The van der Waals surface area contributed by atoms with Crippen molar-refractivity contribution in [3.8, 4) is 5.75 Å². The Balaban J connectivity index is 2.82. The Morgan fingerprint density at radius 2 is 2.00 bits per heavy atom. The van der Waals surface area contributed by atoms with Gasteiger partial charge in [-0.05, 0) is 24.6 Å². The van der Waals surface area contributed by atoms with Crippen molar-refractivity contribution in [2.24, 2.45) is 5.41 Å². The number of anilines is 1. The summed E-state index contributed by atoms with van der Waals surface area (Å²) in [6, 6.07) is 5.27. The van der Waals surface area contributed by atoms with Gasteiger partial charge in [0.05, 0.1) is 12.3 Å². The molecule has 0 atom stereocenters. The number of benzene rings is 1. The number of nitrogen functional groups attached to an aromatic ring is 1. The molecule has 3 nitrogen and oxygen atoms in total. The molecular formula is C15H23NO2. The smallest absolute Gasteiger partial charge is 0.168 e. The Labute approximate surface area is 109 Å². The van der Waals surface area contributed by atoms with Crippen LogP contribution in [-0.4, -0.2) is 12.4 Å². The zero-order valence-corrected chi connectivity index (χ0v) is 11.7. The highest BCUT2D eigenvalue weighted by molar-refractivity contribution is 6.00. The van der Waals surface area contributed by atoms with Crippen LogP contribution in [0.1, 0.15) is 50.9 Å². The summed E-state index contributed by atoms with van der Waals surface area (Å²) in [5.74, 6) is 0.753. The van der Waals surface area contributed by atoms with Gasteiger partial charge in [-0.15, -0.1) is 0 Å². The van der Waals surface area contributed by atoms with Crippen LogP contribution in [0.3, 0.4) is 0 Å². The largest absolute Gasteiger partial charge is 0.491 e. The first-order valence-electron chi connectivity index (χ1n) is 6.43. The SMILES string of the molecule is CCCCOc1ccc(C(=O)C(C)(C)C)cc1N. The lowest BCUT2D eigenvalue weighted by atomic mass is 9.86. The van der Waals surface area contributed by atoms with Gasteiger partial charge in [-0.25, -0.2) is 0 Å².